The molecule has 0 unspecified atom stereocenters. The fraction of sp³-hybridized carbons (Fsp3) is 0.824. The molecule has 1 aliphatic heterocycles. The molecule has 0 aromatic carbocycles. The van der Waals surface area contributed by atoms with Gasteiger partial charge in [-0.15, -0.1) is 0 Å². The number of rotatable bonds is 5. The van der Waals surface area contributed by atoms with Crippen molar-refractivity contribution in [3.8, 4) is 0 Å². The van der Waals surface area contributed by atoms with Crippen LogP contribution in [-0.2, 0) is 17.7 Å². The number of hydrogen-bond donors (Lipinski definition) is 1. The molecule has 7 heteroatoms. The van der Waals surface area contributed by atoms with Gasteiger partial charge in [0.15, 0.2) is 5.82 Å². The summed E-state index contributed by atoms with van der Waals surface area (Å²) in [6.07, 6.45) is 2.28. The van der Waals surface area contributed by atoms with Crippen LogP contribution < -0.4 is 5.32 Å². The van der Waals surface area contributed by atoms with Crippen molar-refractivity contribution in [1.82, 2.24) is 20.4 Å². The summed E-state index contributed by atoms with van der Waals surface area (Å²) in [7, 11) is 0. The second kappa shape index (κ2) is 7.96. The van der Waals surface area contributed by atoms with Crippen molar-refractivity contribution in [3.05, 3.63) is 11.7 Å². The summed E-state index contributed by atoms with van der Waals surface area (Å²) in [5.74, 6) is 1.96. The van der Waals surface area contributed by atoms with Crippen molar-refractivity contribution in [1.29, 1.82) is 0 Å². The van der Waals surface area contributed by atoms with Crippen LogP contribution in [0.5, 0.6) is 0 Å². The van der Waals surface area contributed by atoms with Crippen LogP contribution in [0.3, 0.4) is 0 Å². The van der Waals surface area contributed by atoms with Gasteiger partial charge < -0.3 is 14.6 Å². The van der Waals surface area contributed by atoms with Crippen molar-refractivity contribution >= 4 is 6.09 Å². The van der Waals surface area contributed by atoms with Gasteiger partial charge in [-0.2, -0.15) is 4.98 Å². The third kappa shape index (κ3) is 6.47. The summed E-state index contributed by atoms with van der Waals surface area (Å²) in [6, 6.07) is 0.165. The molecule has 1 aromatic heterocycles. The molecule has 1 N–H and O–H groups in total. The van der Waals surface area contributed by atoms with Crippen molar-refractivity contribution in [3.63, 3.8) is 0 Å². The lowest BCUT2D eigenvalue weighted by molar-refractivity contribution is 0.0477. The quantitative estimate of drug-likeness (QED) is 0.889. The fourth-order valence-corrected chi connectivity index (χ4v) is 2.70. The molecule has 1 fully saturated rings. The molecule has 24 heavy (non-hydrogen) atoms. The third-order valence-corrected chi connectivity index (χ3v) is 3.77. The van der Waals surface area contributed by atoms with Gasteiger partial charge in [0.1, 0.15) is 5.60 Å². The summed E-state index contributed by atoms with van der Waals surface area (Å²) in [5.41, 5.74) is -0.461. The minimum absolute atomic E-state index is 0.165. The Morgan fingerprint density at radius 3 is 2.62 bits per heavy atom. The molecule has 1 amide bonds. The summed E-state index contributed by atoms with van der Waals surface area (Å²) in [5, 5.41) is 7.00. The largest absolute Gasteiger partial charge is 0.444 e. The average molecular weight is 338 g/mol. The number of amides is 1. The van der Waals surface area contributed by atoms with Crippen LogP contribution in [0.4, 0.5) is 4.79 Å². The molecule has 136 valence electrons. The highest BCUT2D eigenvalue weighted by atomic mass is 16.6. The Balaban J connectivity index is 1.73. The van der Waals surface area contributed by atoms with Crippen LogP contribution in [0.2, 0.25) is 0 Å². The average Bonchev–Trinajstić information content (AvgIpc) is 2.85. The molecule has 1 aliphatic rings. The zero-order chi connectivity index (χ0) is 17.7. The van der Waals surface area contributed by atoms with Gasteiger partial charge in [0.25, 0.3) is 0 Å². The molecule has 1 aromatic rings. The number of carbonyl (C=O) groups excluding carboxylic acids is 1. The molecule has 1 saturated heterocycles. The lowest BCUT2D eigenvalue weighted by Crippen LogP contribution is -2.45. The number of likely N-dealkylation sites (tertiary alicyclic amines) is 1. The number of aromatic nitrogens is 2. The highest BCUT2D eigenvalue weighted by Crippen LogP contribution is 2.15. The Labute approximate surface area is 144 Å². The minimum atomic E-state index is -0.461. The van der Waals surface area contributed by atoms with E-state index in [9.17, 15) is 4.79 Å². The van der Waals surface area contributed by atoms with Gasteiger partial charge >= 0.3 is 6.09 Å². The summed E-state index contributed by atoms with van der Waals surface area (Å²) in [4.78, 5) is 18.5. The molecule has 0 aliphatic carbocycles. The van der Waals surface area contributed by atoms with Crippen LogP contribution in [-0.4, -0.2) is 45.9 Å². The van der Waals surface area contributed by atoms with E-state index in [1.54, 1.807) is 0 Å². The first-order valence-electron chi connectivity index (χ1n) is 8.74. The van der Waals surface area contributed by atoms with Crippen LogP contribution in [0.1, 0.15) is 59.2 Å². The van der Waals surface area contributed by atoms with Crippen LogP contribution in [0.15, 0.2) is 4.52 Å². The Kier molecular flexibility index (Phi) is 6.21. The van der Waals surface area contributed by atoms with E-state index in [2.05, 4.69) is 34.2 Å². The van der Waals surface area contributed by atoms with E-state index in [1.165, 1.54) is 0 Å². The smallest absolute Gasteiger partial charge is 0.407 e. The zero-order valence-electron chi connectivity index (χ0n) is 15.5. The molecule has 2 rings (SSSR count). The van der Waals surface area contributed by atoms with Crippen LogP contribution in [0, 0.1) is 5.92 Å². The topological polar surface area (TPSA) is 80.5 Å². The monoisotopic (exact) mass is 338 g/mol. The summed E-state index contributed by atoms with van der Waals surface area (Å²) in [6.45, 7) is 12.4. The number of nitrogens with one attached hydrogen (secondary N) is 1. The van der Waals surface area contributed by atoms with Gasteiger partial charge in [-0.1, -0.05) is 19.0 Å². The van der Waals surface area contributed by atoms with E-state index in [0.29, 0.717) is 18.4 Å². The van der Waals surface area contributed by atoms with Crippen molar-refractivity contribution in [2.45, 2.75) is 72.1 Å². The Morgan fingerprint density at radius 1 is 1.38 bits per heavy atom. The Morgan fingerprint density at radius 2 is 2.04 bits per heavy atom. The second-order valence-corrected chi connectivity index (χ2v) is 7.90. The van der Waals surface area contributed by atoms with E-state index >= 15 is 0 Å². The van der Waals surface area contributed by atoms with E-state index in [1.807, 2.05) is 20.8 Å². The second-order valence-electron chi connectivity index (χ2n) is 7.90. The maximum atomic E-state index is 11.8. The van der Waals surface area contributed by atoms with E-state index < -0.39 is 5.60 Å². The van der Waals surface area contributed by atoms with Gasteiger partial charge in [-0.3, -0.25) is 4.90 Å². The standard InChI is InChI=1S/C17H30N4O3/c1-12(2)10-15-19-14(20-24-15)11-21-8-6-13(7-9-21)18-16(22)23-17(3,4)5/h12-13H,6-11H2,1-5H3,(H,18,22). The molecule has 7 nitrogen and oxygen atoms in total. The van der Waals surface area contributed by atoms with Gasteiger partial charge in [0, 0.05) is 25.6 Å². The molecule has 0 bridgehead atoms. The molecule has 0 saturated carbocycles. The van der Waals surface area contributed by atoms with E-state index in [0.717, 1.165) is 38.2 Å². The number of nitrogens with zero attached hydrogens (tertiary/aromatic N) is 3. The number of alkyl carbamates (subject to hydrolysis) is 1. The number of hydrogen-bond acceptors (Lipinski definition) is 6. The third-order valence-electron chi connectivity index (χ3n) is 3.77. The molecule has 0 spiro atoms. The lowest BCUT2D eigenvalue weighted by atomic mass is 10.1. The van der Waals surface area contributed by atoms with Gasteiger partial charge in [0.2, 0.25) is 5.89 Å². The highest BCUT2D eigenvalue weighted by molar-refractivity contribution is 5.68. The number of ether oxygens (including phenoxy) is 1. The van der Waals surface area contributed by atoms with Crippen molar-refractivity contribution < 1.29 is 14.1 Å². The highest BCUT2D eigenvalue weighted by Gasteiger charge is 2.24. The molecular weight excluding hydrogens is 308 g/mol. The summed E-state index contributed by atoms with van der Waals surface area (Å²) >= 11 is 0. The molecular formula is C17H30N4O3. The van der Waals surface area contributed by atoms with Gasteiger partial charge in [-0.05, 0) is 39.5 Å². The SMILES string of the molecule is CC(C)Cc1nc(CN2CCC(NC(=O)OC(C)(C)C)CC2)no1. The van der Waals surface area contributed by atoms with Crippen LogP contribution >= 0.6 is 0 Å². The maximum Gasteiger partial charge on any atom is 0.407 e. The van der Waals surface area contributed by atoms with Crippen molar-refractivity contribution in [2.24, 2.45) is 5.92 Å². The first-order valence-corrected chi connectivity index (χ1v) is 8.74. The normalized spacial score (nSPS) is 17.2. The summed E-state index contributed by atoms with van der Waals surface area (Å²) < 4.78 is 10.6. The van der Waals surface area contributed by atoms with Gasteiger partial charge in [-0.25, -0.2) is 4.79 Å². The first kappa shape index (κ1) is 18.7. The minimum Gasteiger partial charge on any atom is -0.444 e. The fourth-order valence-electron chi connectivity index (χ4n) is 2.70. The maximum absolute atomic E-state index is 11.8. The number of carbonyl (C=O) groups is 1. The molecule has 2 heterocycles. The molecule has 0 atom stereocenters. The van der Waals surface area contributed by atoms with E-state index in [-0.39, 0.29) is 12.1 Å². The van der Waals surface area contributed by atoms with E-state index in [4.69, 9.17) is 9.26 Å². The number of piperidine rings is 1. The predicted octanol–water partition coefficient (Wildman–Crippen LogP) is 2.76. The molecule has 0 radical (unpaired) electrons. The van der Waals surface area contributed by atoms with Gasteiger partial charge in [0.05, 0.1) is 6.54 Å². The predicted molar refractivity (Wildman–Crippen MR) is 90.5 cm³/mol. The Hall–Kier alpha value is -1.63. The first-order chi connectivity index (χ1) is 11.2. The zero-order valence-corrected chi connectivity index (χ0v) is 15.5. The van der Waals surface area contributed by atoms with Crippen molar-refractivity contribution in [2.75, 3.05) is 13.1 Å². The van der Waals surface area contributed by atoms with Crippen LogP contribution in [0.25, 0.3) is 0 Å². The Bertz CT molecular complexity index is 528. The lowest BCUT2D eigenvalue weighted by Gasteiger charge is -2.32.